The molecule has 3 rings (SSSR count). The van der Waals surface area contributed by atoms with E-state index in [2.05, 4.69) is 5.32 Å². The van der Waals surface area contributed by atoms with Gasteiger partial charge in [-0.05, 0) is 57.5 Å². The summed E-state index contributed by atoms with van der Waals surface area (Å²) in [6.45, 7) is 6.91. The zero-order valence-electron chi connectivity index (χ0n) is 19.9. The molecule has 0 radical (unpaired) electrons. The number of amides is 1. The standard InChI is InChI=1S/C26H26ClN3O5/c1-5-33-26(32)23-16(4)35-25(29)19(12-28)24(23)18-11-17(27)7-9-21(18)34-13-22(31)30-20-8-6-14(2)10-15(20)3/h6-11,24H,5,13,29H2,1-4H3,(H,30,31). The van der Waals surface area contributed by atoms with Gasteiger partial charge in [-0.3, -0.25) is 4.79 Å². The van der Waals surface area contributed by atoms with Gasteiger partial charge in [-0.1, -0.05) is 29.3 Å². The van der Waals surface area contributed by atoms with E-state index in [0.29, 0.717) is 16.3 Å². The highest BCUT2D eigenvalue weighted by atomic mass is 35.5. The van der Waals surface area contributed by atoms with Crippen LogP contribution in [0.2, 0.25) is 5.02 Å². The van der Waals surface area contributed by atoms with Crippen molar-refractivity contribution >= 4 is 29.2 Å². The number of aryl methyl sites for hydroxylation is 2. The summed E-state index contributed by atoms with van der Waals surface area (Å²) >= 11 is 6.26. The third kappa shape index (κ3) is 5.76. The molecule has 0 saturated heterocycles. The van der Waals surface area contributed by atoms with Crippen molar-refractivity contribution in [1.29, 1.82) is 5.26 Å². The van der Waals surface area contributed by atoms with Crippen molar-refractivity contribution in [2.24, 2.45) is 5.73 Å². The largest absolute Gasteiger partial charge is 0.483 e. The van der Waals surface area contributed by atoms with Gasteiger partial charge in [0.2, 0.25) is 5.88 Å². The van der Waals surface area contributed by atoms with Crippen LogP contribution in [0, 0.1) is 25.2 Å². The predicted molar refractivity (Wildman–Crippen MR) is 131 cm³/mol. The first-order valence-corrected chi connectivity index (χ1v) is 11.3. The van der Waals surface area contributed by atoms with E-state index < -0.39 is 11.9 Å². The maximum absolute atomic E-state index is 12.8. The van der Waals surface area contributed by atoms with Crippen molar-refractivity contribution in [1.82, 2.24) is 0 Å². The quantitative estimate of drug-likeness (QED) is 0.537. The highest BCUT2D eigenvalue weighted by molar-refractivity contribution is 6.30. The molecule has 1 unspecified atom stereocenters. The van der Waals surface area contributed by atoms with Crippen molar-refractivity contribution < 1.29 is 23.8 Å². The summed E-state index contributed by atoms with van der Waals surface area (Å²) in [5.74, 6) is -1.67. The number of ether oxygens (including phenoxy) is 3. The molecule has 2 aromatic rings. The molecule has 2 aromatic carbocycles. The van der Waals surface area contributed by atoms with Gasteiger partial charge < -0.3 is 25.3 Å². The van der Waals surface area contributed by atoms with Crippen molar-refractivity contribution in [3.8, 4) is 11.8 Å². The SMILES string of the molecule is CCOC(=O)C1=C(C)OC(N)=C(C#N)C1c1cc(Cl)ccc1OCC(=O)Nc1ccc(C)cc1C. The summed E-state index contributed by atoms with van der Waals surface area (Å²) in [5, 5.41) is 13.0. The maximum Gasteiger partial charge on any atom is 0.338 e. The minimum atomic E-state index is -0.955. The minimum absolute atomic E-state index is 0.00509. The molecular weight excluding hydrogens is 470 g/mol. The Morgan fingerprint density at radius 1 is 1.20 bits per heavy atom. The number of nitriles is 1. The third-order valence-electron chi connectivity index (χ3n) is 5.40. The van der Waals surface area contributed by atoms with E-state index >= 15 is 0 Å². The number of nitrogens with zero attached hydrogens (tertiary/aromatic N) is 1. The monoisotopic (exact) mass is 495 g/mol. The second kappa shape index (κ2) is 11.0. The average molecular weight is 496 g/mol. The maximum atomic E-state index is 12.8. The normalized spacial score (nSPS) is 15.3. The molecule has 1 atom stereocenters. The van der Waals surface area contributed by atoms with Gasteiger partial charge in [-0.25, -0.2) is 4.79 Å². The lowest BCUT2D eigenvalue weighted by Crippen LogP contribution is -2.26. The second-order valence-corrected chi connectivity index (χ2v) is 8.39. The van der Waals surface area contributed by atoms with E-state index in [9.17, 15) is 14.9 Å². The van der Waals surface area contributed by atoms with Crippen LogP contribution < -0.4 is 15.8 Å². The molecule has 0 spiro atoms. The zero-order valence-corrected chi connectivity index (χ0v) is 20.7. The van der Waals surface area contributed by atoms with Crippen molar-refractivity contribution in [3.05, 3.63) is 80.9 Å². The smallest absolute Gasteiger partial charge is 0.338 e. The number of nitrogens with two attached hydrogens (primary N) is 1. The Hall–Kier alpha value is -3.96. The zero-order chi connectivity index (χ0) is 25.7. The van der Waals surface area contributed by atoms with E-state index in [-0.39, 0.29) is 47.7 Å². The molecule has 182 valence electrons. The Kier molecular flexibility index (Phi) is 8.05. The fourth-order valence-electron chi connectivity index (χ4n) is 3.83. The van der Waals surface area contributed by atoms with Crippen LogP contribution >= 0.6 is 11.6 Å². The van der Waals surface area contributed by atoms with Gasteiger partial charge in [0.05, 0.1) is 18.1 Å². The Balaban J connectivity index is 1.95. The lowest BCUT2D eigenvalue weighted by molar-refractivity contribution is -0.139. The number of hydrogen-bond acceptors (Lipinski definition) is 7. The van der Waals surface area contributed by atoms with Crippen molar-refractivity contribution in [2.45, 2.75) is 33.6 Å². The molecule has 8 nitrogen and oxygen atoms in total. The number of rotatable bonds is 7. The molecule has 9 heteroatoms. The molecule has 0 saturated carbocycles. The van der Waals surface area contributed by atoms with Gasteiger partial charge in [0.15, 0.2) is 6.61 Å². The first kappa shape index (κ1) is 25.7. The van der Waals surface area contributed by atoms with Crippen LogP contribution in [0.4, 0.5) is 5.69 Å². The van der Waals surface area contributed by atoms with E-state index in [4.69, 9.17) is 31.5 Å². The predicted octanol–water partition coefficient (Wildman–Crippen LogP) is 4.62. The summed E-state index contributed by atoms with van der Waals surface area (Å²) in [7, 11) is 0. The number of anilines is 1. The number of hydrogen-bond donors (Lipinski definition) is 2. The molecule has 0 aliphatic carbocycles. The van der Waals surface area contributed by atoms with E-state index in [1.54, 1.807) is 32.0 Å². The number of nitrogens with one attached hydrogen (secondary N) is 1. The molecular formula is C26H26ClN3O5. The Morgan fingerprint density at radius 2 is 1.94 bits per heavy atom. The number of carbonyl (C=O) groups excluding carboxylic acids is 2. The second-order valence-electron chi connectivity index (χ2n) is 7.95. The summed E-state index contributed by atoms with van der Waals surface area (Å²) < 4.78 is 16.5. The van der Waals surface area contributed by atoms with Crippen LogP contribution in [-0.2, 0) is 19.1 Å². The summed E-state index contributed by atoms with van der Waals surface area (Å²) in [6.07, 6.45) is 0. The highest BCUT2D eigenvalue weighted by Gasteiger charge is 2.38. The topological polar surface area (TPSA) is 124 Å². The van der Waals surface area contributed by atoms with E-state index in [0.717, 1.165) is 11.1 Å². The Labute approximate surface area is 208 Å². The number of halogens is 1. The number of benzene rings is 2. The molecule has 1 heterocycles. The summed E-state index contributed by atoms with van der Waals surface area (Å²) in [5.41, 5.74) is 9.14. The first-order chi connectivity index (χ1) is 16.7. The fourth-order valence-corrected chi connectivity index (χ4v) is 4.01. The molecule has 1 aliphatic rings. The Bertz CT molecular complexity index is 1280. The van der Waals surface area contributed by atoms with Gasteiger partial charge in [-0.15, -0.1) is 0 Å². The van der Waals surface area contributed by atoms with Crippen LogP contribution in [0.25, 0.3) is 0 Å². The van der Waals surface area contributed by atoms with Gasteiger partial charge >= 0.3 is 5.97 Å². The van der Waals surface area contributed by atoms with Crippen LogP contribution in [0.1, 0.15) is 36.5 Å². The summed E-state index contributed by atoms with van der Waals surface area (Å²) in [4.78, 5) is 25.4. The fraction of sp³-hybridized carbons (Fsp3) is 0.269. The molecule has 0 fully saturated rings. The van der Waals surface area contributed by atoms with Crippen LogP contribution in [0.5, 0.6) is 5.75 Å². The first-order valence-electron chi connectivity index (χ1n) is 10.9. The van der Waals surface area contributed by atoms with Crippen LogP contribution in [0.15, 0.2) is 59.2 Å². The number of carbonyl (C=O) groups is 2. The van der Waals surface area contributed by atoms with Crippen molar-refractivity contribution in [2.75, 3.05) is 18.5 Å². The lowest BCUT2D eigenvalue weighted by atomic mass is 9.82. The Morgan fingerprint density at radius 3 is 2.60 bits per heavy atom. The lowest BCUT2D eigenvalue weighted by Gasteiger charge is -2.28. The van der Waals surface area contributed by atoms with Crippen molar-refractivity contribution in [3.63, 3.8) is 0 Å². The highest BCUT2D eigenvalue weighted by Crippen LogP contribution is 2.43. The number of allylic oxidation sites excluding steroid dienone is 2. The average Bonchev–Trinajstić information content (AvgIpc) is 2.79. The molecule has 3 N–H and O–H groups in total. The van der Waals surface area contributed by atoms with E-state index in [1.807, 2.05) is 38.1 Å². The van der Waals surface area contributed by atoms with Gasteiger partial charge in [0.25, 0.3) is 5.91 Å². The third-order valence-corrected chi connectivity index (χ3v) is 5.63. The van der Waals surface area contributed by atoms with Gasteiger partial charge in [0, 0.05) is 16.3 Å². The molecule has 0 bridgehead atoms. The summed E-state index contributed by atoms with van der Waals surface area (Å²) in [6, 6.07) is 12.4. The van der Waals surface area contributed by atoms with Gasteiger partial charge in [-0.2, -0.15) is 5.26 Å². The number of esters is 1. The van der Waals surface area contributed by atoms with Crippen LogP contribution in [-0.4, -0.2) is 25.1 Å². The van der Waals surface area contributed by atoms with Crippen LogP contribution in [0.3, 0.4) is 0 Å². The molecule has 35 heavy (non-hydrogen) atoms. The molecule has 1 amide bonds. The van der Waals surface area contributed by atoms with Gasteiger partial charge in [0.1, 0.15) is 23.2 Å². The molecule has 1 aliphatic heterocycles. The van der Waals surface area contributed by atoms with E-state index in [1.165, 1.54) is 0 Å². The molecule has 0 aromatic heterocycles. The minimum Gasteiger partial charge on any atom is -0.483 e.